The van der Waals surface area contributed by atoms with E-state index in [1.807, 2.05) is 0 Å². The predicted octanol–water partition coefficient (Wildman–Crippen LogP) is 2.22. The van der Waals surface area contributed by atoms with Crippen LogP contribution in [0.15, 0.2) is 24.3 Å². The van der Waals surface area contributed by atoms with Crippen LogP contribution in [0.4, 0.5) is 0 Å². The molecule has 2 N–H and O–H groups in total. The van der Waals surface area contributed by atoms with Gasteiger partial charge in [0.25, 0.3) is 0 Å². The first kappa shape index (κ1) is 8.98. The van der Waals surface area contributed by atoms with Gasteiger partial charge >= 0.3 is 0 Å². The Balaban J connectivity index is 2.24. The molecule has 0 saturated heterocycles. The molecule has 78 valence electrons. The van der Waals surface area contributed by atoms with Gasteiger partial charge < -0.3 is 10.3 Å². The van der Waals surface area contributed by atoms with E-state index in [2.05, 4.69) is 35.8 Å². The highest BCUT2D eigenvalue weighted by atomic mass is 15.0. The number of hydrogen-bond donors (Lipinski definition) is 1. The maximum absolute atomic E-state index is 6.01. The Hall–Kier alpha value is -1.28. The normalized spacial score (nSPS) is 20.5. The van der Waals surface area contributed by atoms with Gasteiger partial charge in [-0.3, -0.25) is 0 Å². The van der Waals surface area contributed by atoms with Gasteiger partial charge in [0.05, 0.1) is 0 Å². The molecule has 0 radical (unpaired) electrons. The summed E-state index contributed by atoms with van der Waals surface area (Å²) in [5, 5.41) is 1.36. The van der Waals surface area contributed by atoms with Crippen molar-refractivity contribution in [2.24, 2.45) is 5.73 Å². The van der Waals surface area contributed by atoms with Crippen LogP contribution in [0.5, 0.6) is 0 Å². The minimum absolute atomic E-state index is 0.328. The minimum Gasteiger partial charge on any atom is -0.343 e. The Morgan fingerprint density at radius 3 is 3.07 bits per heavy atom. The molecule has 1 aromatic carbocycles. The maximum Gasteiger partial charge on any atom is 0.0483 e. The van der Waals surface area contributed by atoms with Crippen LogP contribution in [-0.4, -0.2) is 10.6 Å². The van der Waals surface area contributed by atoms with Gasteiger partial charge in [-0.15, -0.1) is 0 Å². The van der Waals surface area contributed by atoms with E-state index in [1.54, 1.807) is 0 Å². The summed E-state index contributed by atoms with van der Waals surface area (Å²) in [6.45, 7) is 3.11. The molecule has 1 aliphatic heterocycles. The summed E-state index contributed by atoms with van der Waals surface area (Å²) >= 11 is 0. The standard InChI is InChI=1S/C13H16N2/c1-9-2-5-13-10(6-9)7-12-4-3-11(14)8-15(12)13/h2,5-7,11H,3-4,8,14H2,1H3. The SMILES string of the molecule is Cc1ccc2c(c1)cc1n2CC(N)CC1. The van der Waals surface area contributed by atoms with E-state index in [4.69, 9.17) is 5.73 Å². The highest BCUT2D eigenvalue weighted by Crippen LogP contribution is 2.25. The quantitative estimate of drug-likeness (QED) is 0.694. The number of nitrogens with zero attached hydrogens (tertiary/aromatic N) is 1. The highest BCUT2D eigenvalue weighted by molar-refractivity contribution is 5.82. The van der Waals surface area contributed by atoms with Crippen molar-refractivity contribution in [2.45, 2.75) is 32.4 Å². The van der Waals surface area contributed by atoms with Crippen molar-refractivity contribution in [3.8, 4) is 0 Å². The van der Waals surface area contributed by atoms with Crippen molar-refractivity contribution in [3.63, 3.8) is 0 Å². The summed E-state index contributed by atoms with van der Waals surface area (Å²) in [6.07, 6.45) is 2.24. The molecule has 0 fully saturated rings. The van der Waals surface area contributed by atoms with Crippen LogP contribution in [0.3, 0.4) is 0 Å². The van der Waals surface area contributed by atoms with Gasteiger partial charge in [-0.05, 0) is 38.0 Å². The van der Waals surface area contributed by atoms with Gasteiger partial charge in [-0.25, -0.2) is 0 Å². The molecule has 0 aliphatic carbocycles. The third-order valence-corrected chi connectivity index (χ3v) is 3.33. The second-order valence-corrected chi connectivity index (χ2v) is 4.61. The molecule has 0 saturated carbocycles. The van der Waals surface area contributed by atoms with Gasteiger partial charge in [-0.2, -0.15) is 0 Å². The molecule has 1 aromatic heterocycles. The Morgan fingerprint density at radius 2 is 2.20 bits per heavy atom. The lowest BCUT2D eigenvalue weighted by molar-refractivity contribution is 0.470. The molecule has 15 heavy (non-hydrogen) atoms. The van der Waals surface area contributed by atoms with Crippen LogP contribution in [-0.2, 0) is 13.0 Å². The van der Waals surface area contributed by atoms with Crippen molar-refractivity contribution in [1.29, 1.82) is 0 Å². The van der Waals surface area contributed by atoms with Crippen molar-refractivity contribution in [3.05, 3.63) is 35.5 Å². The molecular weight excluding hydrogens is 184 g/mol. The number of nitrogens with two attached hydrogens (primary N) is 1. The molecule has 1 atom stereocenters. The Kier molecular flexibility index (Phi) is 1.86. The average molecular weight is 200 g/mol. The van der Waals surface area contributed by atoms with Gasteiger partial charge in [0, 0.05) is 29.2 Å². The van der Waals surface area contributed by atoms with Crippen molar-refractivity contribution in [2.75, 3.05) is 0 Å². The van der Waals surface area contributed by atoms with Gasteiger partial charge in [0.1, 0.15) is 0 Å². The van der Waals surface area contributed by atoms with E-state index < -0.39 is 0 Å². The van der Waals surface area contributed by atoms with Crippen LogP contribution in [0.1, 0.15) is 17.7 Å². The van der Waals surface area contributed by atoms with E-state index in [-0.39, 0.29) is 0 Å². The number of fused-ring (bicyclic) bond motifs is 3. The molecule has 0 spiro atoms. The number of rotatable bonds is 0. The smallest absolute Gasteiger partial charge is 0.0483 e. The molecule has 2 heteroatoms. The van der Waals surface area contributed by atoms with Gasteiger partial charge in [-0.1, -0.05) is 11.6 Å². The Bertz CT molecular complexity index is 510. The van der Waals surface area contributed by atoms with Crippen LogP contribution in [0, 0.1) is 6.92 Å². The summed E-state index contributed by atoms with van der Waals surface area (Å²) in [5.74, 6) is 0. The third-order valence-electron chi connectivity index (χ3n) is 3.33. The molecule has 3 rings (SSSR count). The summed E-state index contributed by atoms with van der Waals surface area (Å²) in [5.41, 5.74) is 10.1. The average Bonchev–Trinajstić information content (AvgIpc) is 2.54. The fourth-order valence-electron chi connectivity index (χ4n) is 2.53. The first-order chi connectivity index (χ1) is 7.24. The zero-order valence-corrected chi connectivity index (χ0v) is 9.03. The van der Waals surface area contributed by atoms with Crippen LogP contribution in [0.25, 0.3) is 10.9 Å². The third kappa shape index (κ3) is 1.37. The molecule has 1 unspecified atom stereocenters. The van der Waals surface area contributed by atoms with E-state index in [0.29, 0.717) is 6.04 Å². The monoisotopic (exact) mass is 200 g/mol. The van der Waals surface area contributed by atoms with Crippen LogP contribution >= 0.6 is 0 Å². The first-order valence-corrected chi connectivity index (χ1v) is 5.58. The number of aryl methyl sites for hydroxylation is 2. The number of hydrogen-bond acceptors (Lipinski definition) is 1. The lowest BCUT2D eigenvalue weighted by atomic mass is 10.1. The summed E-state index contributed by atoms with van der Waals surface area (Å²) in [4.78, 5) is 0. The second kappa shape index (κ2) is 3.11. The van der Waals surface area contributed by atoms with Crippen molar-refractivity contribution < 1.29 is 0 Å². The first-order valence-electron chi connectivity index (χ1n) is 5.58. The Morgan fingerprint density at radius 1 is 1.33 bits per heavy atom. The largest absolute Gasteiger partial charge is 0.343 e. The second-order valence-electron chi connectivity index (χ2n) is 4.61. The molecule has 2 aromatic rings. The molecule has 2 heterocycles. The summed E-state index contributed by atoms with van der Waals surface area (Å²) in [7, 11) is 0. The van der Waals surface area contributed by atoms with Gasteiger partial charge in [0.2, 0.25) is 0 Å². The summed E-state index contributed by atoms with van der Waals surface area (Å²) < 4.78 is 2.38. The molecule has 1 aliphatic rings. The lowest BCUT2D eigenvalue weighted by Crippen LogP contribution is -2.31. The zero-order valence-electron chi connectivity index (χ0n) is 9.03. The van der Waals surface area contributed by atoms with E-state index >= 15 is 0 Å². The van der Waals surface area contributed by atoms with E-state index in [1.165, 1.54) is 22.2 Å². The summed E-state index contributed by atoms with van der Waals surface area (Å²) in [6, 6.07) is 9.29. The number of benzene rings is 1. The fraction of sp³-hybridized carbons (Fsp3) is 0.385. The Labute approximate surface area is 89.7 Å². The van der Waals surface area contributed by atoms with Crippen LogP contribution < -0.4 is 5.73 Å². The molecule has 0 amide bonds. The van der Waals surface area contributed by atoms with Crippen LogP contribution in [0.2, 0.25) is 0 Å². The van der Waals surface area contributed by atoms with Crippen molar-refractivity contribution >= 4 is 10.9 Å². The predicted molar refractivity (Wildman–Crippen MR) is 63.0 cm³/mol. The van der Waals surface area contributed by atoms with E-state index in [0.717, 1.165) is 19.4 Å². The molecule has 0 bridgehead atoms. The topological polar surface area (TPSA) is 30.9 Å². The minimum atomic E-state index is 0.328. The fourth-order valence-corrected chi connectivity index (χ4v) is 2.53. The lowest BCUT2D eigenvalue weighted by Gasteiger charge is -2.21. The maximum atomic E-state index is 6.01. The zero-order chi connectivity index (χ0) is 10.4. The van der Waals surface area contributed by atoms with Crippen molar-refractivity contribution in [1.82, 2.24) is 4.57 Å². The van der Waals surface area contributed by atoms with Gasteiger partial charge in [0.15, 0.2) is 0 Å². The number of aromatic nitrogens is 1. The molecule has 2 nitrogen and oxygen atoms in total. The molecular formula is C13H16N2. The highest BCUT2D eigenvalue weighted by Gasteiger charge is 2.17. The van der Waals surface area contributed by atoms with E-state index in [9.17, 15) is 0 Å².